The molecule has 0 atom stereocenters. The monoisotopic (exact) mass is 467 g/mol. The van der Waals surface area contributed by atoms with Crippen LogP contribution in [-0.2, 0) is 0 Å². The largest absolute Gasteiger partial charge is 0.438 e. The average molecular weight is 468 g/mol. The molecule has 0 fully saturated rings. The molecule has 0 spiro atoms. The minimum absolute atomic E-state index is 0.0879. The second-order valence-electron chi connectivity index (χ2n) is 7.81. The quantitative estimate of drug-likeness (QED) is 0.342. The summed E-state index contributed by atoms with van der Waals surface area (Å²) in [6.07, 6.45) is 3.10. The van der Waals surface area contributed by atoms with Gasteiger partial charge in [-0.1, -0.05) is 29.8 Å². The zero-order valence-corrected chi connectivity index (χ0v) is 19.1. The number of imidazole rings is 1. The Morgan fingerprint density at radius 1 is 1.12 bits per heavy atom. The Morgan fingerprint density at radius 2 is 1.94 bits per heavy atom. The molecule has 3 aromatic heterocycles. The first kappa shape index (κ1) is 21.4. The van der Waals surface area contributed by atoms with E-state index in [4.69, 9.17) is 16.3 Å². The van der Waals surface area contributed by atoms with Crippen molar-refractivity contribution in [2.75, 3.05) is 0 Å². The molecular weight excluding hydrogens is 450 g/mol. The summed E-state index contributed by atoms with van der Waals surface area (Å²) in [5, 5.41) is 10.5. The predicted octanol–water partition coefficient (Wildman–Crippen LogP) is 5.70. The van der Waals surface area contributed by atoms with Crippen LogP contribution in [0.2, 0.25) is 5.02 Å². The lowest BCUT2D eigenvalue weighted by atomic mass is 10.1. The number of fused-ring (bicyclic) bond motifs is 2. The van der Waals surface area contributed by atoms with Gasteiger partial charge in [-0.2, -0.15) is 10.2 Å². The average Bonchev–Trinajstić information content (AvgIpc) is 3.26. The summed E-state index contributed by atoms with van der Waals surface area (Å²) in [5.41, 5.74) is 3.56. The highest BCUT2D eigenvalue weighted by Gasteiger charge is 2.17. The van der Waals surface area contributed by atoms with E-state index in [1.807, 2.05) is 44.2 Å². The van der Waals surface area contributed by atoms with Gasteiger partial charge >= 0.3 is 0 Å². The fourth-order valence-corrected chi connectivity index (χ4v) is 3.78. The van der Waals surface area contributed by atoms with Gasteiger partial charge in [0.1, 0.15) is 28.9 Å². The summed E-state index contributed by atoms with van der Waals surface area (Å²) in [4.78, 5) is 25.8. The van der Waals surface area contributed by atoms with Crippen molar-refractivity contribution in [2.45, 2.75) is 13.8 Å². The maximum absolute atomic E-state index is 13.5. The number of allylic oxidation sites excluding steroid dienone is 1. The number of rotatable bonds is 4. The third-order valence-corrected chi connectivity index (χ3v) is 5.87. The number of aromatic nitrogens is 4. The summed E-state index contributed by atoms with van der Waals surface area (Å²) in [5.74, 6) is 0.916. The molecule has 0 aliphatic rings. The SMILES string of the molecule is Cc1cc(Oc2nc3c(C)cccn3c(=O)c2/C=C(\C#N)c2nc3ccccc3[nH]2)ccc1Cl. The standard InChI is InChI=1S/C26H18ClN5O2/c1-15-6-5-11-32-24(15)31-25(34-18-9-10-20(27)16(2)12-18)19(26(32)33)13-17(14-28)23-29-21-7-3-4-8-22(21)30-23/h3-13H,1-2H3,(H,29,30)/b17-13+. The first-order valence-corrected chi connectivity index (χ1v) is 10.9. The number of hydrogen-bond acceptors (Lipinski definition) is 5. The maximum Gasteiger partial charge on any atom is 0.269 e. The van der Waals surface area contributed by atoms with E-state index in [0.717, 1.165) is 22.2 Å². The Balaban J connectivity index is 1.72. The predicted molar refractivity (Wildman–Crippen MR) is 132 cm³/mol. The molecule has 0 aliphatic carbocycles. The number of nitriles is 1. The lowest BCUT2D eigenvalue weighted by Gasteiger charge is -2.12. The van der Waals surface area contributed by atoms with Crippen molar-refractivity contribution in [2.24, 2.45) is 0 Å². The van der Waals surface area contributed by atoms with E-state index in [-0.39, 0.29) is 22.6 Å². The van der Waals surface area contributed by atoms with E-state index < -0.39 is 0 Å². The Kier molecular flexibility index (Phi) is 5.36. The third-order valence-electron chi connectivity index (χ3n) is 5.45. The zero-order chi connectivity index (χ0) is 23.8. The zero-order valence-electron chi connectivity index (χ0n) is 18.3. The molecule has 0 saturated carbocycles. The van der Waals surface area contributed by atoms with Crippen LogP contribution in [0.5, 0.6) is 11.6 Å². The molecule has 5 rings (SSSR count). The number of pyridine rings is 1. The molecule has 0 bridgehead atoms. The van der Waals surface area contributed by atoms with Crippen LogP contribution in [-0.4, -0.2) is 19.4 Å². The molecule has 0 saturated heterocycles. The lowest BCUT2D eigenvalue weighted by molar-refractivity contribution is 0.460. The second kappa shape index (κ2) is 8.50. The molecule has 7 nitrogen and oxygen atoms in total. The fourth-order valence-electron chi connectivity index (χ4n) is 3.66. The topological polar surface area (TPSA) is 96.1 Å². The highest BCUT2D eigenvalue weighted by molar-refractivity contribution is 6.31. The van der Waals surface area contributed by atoms with Gasteiger partial charge in [-0.05, 0) is 67.4 Å². The van der Waals surface area contributed by atoms with Crippen LogP contribution in [0.15, 0.2) is 65.6 Å². The van der Waals surface area contributed by atoms with Gasteiger partial charge in [0.05, 0.1) is 16.6 Å². The molecule has 5 aromatic rings. The molecule has 0 amide bonds. The molecule has 0 unspecified atom stereocenters. The summed E-state index contributed by atoms with van der Waals surface area (Å²) in [6, 6.07) is 18.4. The molecule has 8 heteroatoms. The Labute approximate surface area is 199 Å². The number of ether oxygens (including phenoxy) is 1. The smallest absolute Gasteiger partial charge is 0.269 e. The van der Waals surface area contributed by atoms with Gasteiger partial charge in [0.2, 0.25) is 5.88 Å². The number of halogens is 1. The molecular formula is C26H18ClN5O2. The van der Waals surface area contributed by atoms with Gasteiger partial charge in [0, 0.05) is 11.2 Å². The lowest BCUT2D eigenvalue weighted by Crippen LogP contribution is -2.19. The molecule has 2 aromatic carbocycles. The highest BCUT2D eigenvalue weighted by Crippen LogP contribution is 2.29. The molecule has 0 radical (unpaired) electrons. The van der Waals surface area contributed by atoms with E-state index in [1.165, 1.54) is 10.5 Å². The highest BCUT2D eigenvalue weighted by atomic mass is 35.5. The van der Waals surface area contributed by atoms with Gasteiger partial charge in [-0.3, -0.25) is 9.20 Å². The van der Waals surface area contributed by atoms with Crippen LogP contribution in [0.4, 0.5) is 0 Å². The minimum atomic E-state index is -0.363. The minimum Gasteiger partial charge on any atom is -0.438 e. The van der Waals surface area contributed by atoms with Gasteiger partial charge in [-0.25, -0.2) is 4.98 Å². The van der Waals surface area contributed by atoms with Crippen LogP contribution >= 0.6 is 11.6 Å². The summed E-state index contributed by atoms with van der Waals surface area (Å²) in [6.45, 7) is 3.72. The van der Waals surface area contributed by atoms with E-state index in [1.54, 1.807) is 30.5 Å². The Morgan fingerprint density at radius 3 is 2.71 bits per heavy atom. The summed E-state index contributed by atoms with van der Waals surface area (Å²) in [7, 11) is 0. The molecule has 34 heavy (non-hydrogen) atoms. The second-order valence-corrected chi connectivity index (χ2v) is 8.21. The molecule has 166 valence electrons. The van der Waals surface area contributed by atoms with E-state index in [2.05, 4.69) is 21.0 Å². The van der Waals surface area contributed by atoms with Crippen LogP contribution in [0.25, 0.3) is 28.3 Å². The normalized spacial score (nSPS) is 11.6. The molecule has 0 aliphatic heterocycles. The van der Waals surface area contributed by atoms with E-state index in [0.29, 0.717) is 22.2 Å². The number of aromatic amines is 1. The number of nitrogens with one attached hydrogen (secondary N) is 1. The van der Waals surface area contributed by atoms with Gasteiger partial charge in [0.15, 0.2) is 0 Å². The van der Waals surface area contributed by atoms with Crippen molar-refractivity contribution in [3.8, 4) is 17.7 Å². The number of aryl methyl sites for hydroxylation is 2. The van der Waals surface area contributed by atoms with Crippen LogP contribution < -0.4 is 10.3 Å². The Bertz CT molecular complexity index is 1680. The molecule has 1 N–H and O–H groups in total. The molecule has 3 heterocycles. The maximum atomic E-state index is 13.5. The number of nitrogens with zero attached hydrogens (tertiary/aromatic N) is 4. The van der Waals surface area contributed by atoms with Crippen LogP contribution in [0.3, 0.4) is 0 Å². The van der Waals surface area contributed by atoms with Crippen LogP contribution in [0, 0.1) is 25.2 Å². The number of hydrogen-bond donors (Lipinski definition) is 1. The van der Waals surface area contributed by atoms with Gasteiger partial charge in [0.25, 0.3) is 5.56 Å². The van der Waals surface area contributed by atoms with Crippen molar-refractivity contribution >= 4 is 39.9 Å². The number of benzene rings is 2. The Hall–Kier alpha value is -4.41. The first-order valence-electron chi connectivity index (χ1n) is 10.5. The summed E-state index contributed by atoms with van der Waals surface area (Å²) >= 11 is 6.15. The van der Waals surface area contributed by atoms with Crippen molar-refractivity contribution in [1.82, 2.24) is 19.4 Å². The van der Waals surface area contributed by atoms with Crippen molar-refractivity contribution in [3.05, 3.63) is 98.7 Å². The first-order chi connectivity index (χ1) is 16.4. The van der Waals surface area contributed by atoms with Crippen molar-refractivity contribution in [3.63, 3.8) is 0 Å². The van der Waals surface area contributed by atoms with Crippen LogP contribution in [0.1, 0.15) is 22.5 Å². The van der Waals surface area contributed by atoms with E-state index in [9.17, 15) is 10.1 Å². The van der Waals surface area contributed by atoms with Gasteiger partial charge in [-0.15, -0.1) is 0 Å². The number of H-pyrrole nitrogens is 1. The van der Waals surface area contributed by atoms with Gasteiger partial charge < -0.3 is 9.72 Å². The van der Waals surface area contributed by atoms with E-state index >= 15 is 0 Å². The number of para-hydroxylation sites is 2. The third kappa shape index (κ3) is 3.81. The summed E-state index contributed by atoms with van der Waals surface area (Å²) < 4.78 is 7.50. The fraction of sp³-hybridized carbons (Fsp3) is 0.0769. The van der Waals surface area contributed by atoms with Crippen molar-refractivity contribution < 1.29 is 4.74 Å². The van der Waals surface area contributed by atoms with Crippen molar-refractivity contribution in [1.29, 1.82) is 5.26 Å².